The lowest BCUT2D eigenvalue weighted by Crippen LogP contribution is -2.44. The maximum atomic E-state index is 9.14. The number of nitriles is 1. The predicted octanol–water partition coefficient (Wildman–Crippen LogP) is 1.24. The van der Waals surface area contributed by atoms with Crippen molar-refractivity contribution in [2.24, 2.45) is 7.05 Å². The quantitative estimate of drug-likeness (QED) is 0.724. The number of aryl methyl sites for hydroxylation is 1. The molecule has 1 heterocycles. The highest BCUT2D eigenvalue weighted by Gasteiger charge is 2.28. The molecule has 0 saturated carbocycles. The van der Waals surface area contributed by atoms with Crippen molar-refractivity contribution in [2.75, 3.05) is 6.61 Å². The van der Waals surface area contributed by atoms with Gasteiger partial charge in [0.25, 0.3) is 5.88 Å². The first-order valence-electron chi connectivity index (χ1n) is 5.02. The summed E-state index contributed by atoms with van der Waals surface area (Å²) in [5.41, 5.74) is 0.610. The van der Waals surface area contributed by atoms with Gasteiger partial charge in [-0.2, -0.15) is 5.26 Å². The van der Waals surface area contributed by atoms with Crippen molar-refractivity contribution >= 4 is 13.4 Å². The van der Waals surface area contributed by atoms with E-state index in [4.69, 9.17) is 10.00 Å². The fraction of sp³-hybridized carbons (Fsp3) is 0.600. The second-order valence-corrected chi connectivity index (χ2v) is 9.42. The normalized spacial score (nSPS) is 11.2. The molecule has 1 rings (SSSR count). The lowest BCUT2D eigenvalue weighted by Gasteiger charge is -2.16. The molecule has 1 aromatic heterocycles. The van der Waals surface area contributed by atoms with Crippen LogP contribution in [0.4, 0.5) is 0 Å². The van der Waals surface area contributed by atoms with Gasteiger partial charge < -0.3 is 4.74 Å². The molecule has 0 bridgehead atoms. The number of hydrogen-bond acceptors (Lipinski definition) is 3. The Bertz CT molecular complexity index is 398. The van der Waals surface area contributed by atoms with Gasteiger partial charge in [0.1, 0.15) is 19.7 Å². The molecule has 0 aliphatic heterocycles. The van der Waals surface area contributed by atoms with Crippen molar-refractivity contribution in [1.82, 2.24) is 9.78 Å². The summed E-state index contributed by atoms with van der Waals surface area (Å²) in [5, 5.41) is 14.4. The van der Waals surface area contributed by atoms with E-state index in [0.29, 0.717) is 18.1 Å². The molecule has 5 heteroatoms. The number of nitrogens with zero attached hydrogens (tertiary/aromatic N) is 3. The van der Waals surface area contributed by atoms with E-state index in [-0.39, 0.29) is 0 Å². The van der Waals surface area contributed by atoms with Gasteiger partial charge in [0.15, 0.2) is 0 Å². The molecule has 0 N–H and O–H groups in total. The van der Waals surface area contributed by atoms with Crippen LogP contribution < -0.4 is 10.1 Å². The Morgan fingerprint density at radius 1 is 1.47 bits per heavy atom. The molecule has 0 fully saturated rings. The zero-order valence-electron chi connectivity index (χ0n) is 9.96. The summed E-state index contributed by atoms with van der Waals surface area (Å²) < 4.78 is 7.14. The van der Waals surface area contributed by atoms with Gasteiger partial charge in [0.05, 0.1) is 6.61 Å². The van der Waals surface area contributed by atoms with Gasteiger partial charge in [0, 0.05) is 12.4 Å². The van der Waals surface area contributed by atoms with Crippen molar-refractivity contribution in [3.63, 3.8) is 0 Å². The second-order valence-electron chi connectivity index (χ2n) is 4.45. The van der Waals surface area contributed by atoms with Gasteiger partial charge in [-0.25, -0.2) is 0 Å². The fourth-order valence-electron chi connectivity index (χ4n) is 1.70. The number of aromatic nitrogens is 2. The number of rotatable bonds is 3. The molecule has 0 atom stereocenters. The van der Waals surface area contributed by atoms with Gasteiger partial charge in [-0.05, 0) is 6.92 Å². The molecule has 4 nitrogen and oxygen atoms in total. The van der Waals surface area contributed by atoms with Crippen LogP contribution in [-0.4, -0.2) is 24.5 Å². The maximum Gasteiger partial charge on any atom is 0.250 e. The maximum absolute atomic E-state index is 9.14. The van der Waals surface area contributed by atoms with Crippen molar-refractivity contribution < 1.29 is 4.74 Å². The first-order valence-corrected chi connectivity index (χ1v) is 8.52. The van der Waals surface area contributed by atoms with Crippen LogP contribution >= 0.6 is 0 Å². The summed E-state index contributed by atoms with van der Waals surface area (Å²) in [4.78, 5) is 0. The SMILES string of the molecule is CCOc1nn(C)c([Si](C)(C)C)c1C#N. The van der Waals surface area contributed by atoms with Crippen molar-refractivity contribution in [1.29, 1.82) is 5.26 Å². The molecule has 0 aliphatic rings. The van der Waals surface area contributed by atoms with Crippen molar-refractivity contribution in [3.8, 4) is 11.9 Å². The van der Waals surface area contributed by atoms with Crippen LogP contribution in [0.15, 0.2) is 0 Å². The zero-order valence-corrected chi connectivity index (χ0v) is 11.0. The third-order valence-corrected chi connectivity index (χ3v) is 4.11. The summed E-state index contributed by atoms with van der Waals surface area (Å²) >= 11 is 0. The minimum absolute atomic E-state index is 0.472. The highest BCUT2D eigenvalue weighted by molar-refractivity contribution is 6.88. The third-order valence-electron chi connectivity index (χ3n) is 2.12. The summed E-state index contributed by atoms with van der Waals surface area (Å²) in [5.74, 6) is 0.472. The minimum Gasteiger partial charge on any atom is -0.476 e. The smallest absolute Gasteiger partial charge is 0.250 e. The standard InChI is InChI=1S/C10H17N3OSi/c1-6-14-9-8(7-11)10(13(2)12-9)15(3,4)5/h6H2,1-5H3. The molecule has 15 heavy (non-hydrogen) atoms. The highest BCUT2D eigenvalue weighted by atomic mass is 28.3. The molecule has 82 valence electrons. The Morgan fingerprint density at radius 3 is 2.47 bits per heavy atom. The van der Waals surface area contributed by atoms with E-state index in [1.165, 1.54) is 0 Å². The van der Waals surface area contributed by atoms with E-state index in [9.17, 15) is 0 Å². The monoisotopic (exact) mass is 223 g/mol. The number of ether oxygens (including phenoxy) is 1. The Kier molecular flexibility index (Phi) is 3.20. The Balaban J connectivity index is 3.34. The molecule has 0 aliphatic carbocycles. The van der Waals surface area contributed by atoms with Crippen molar-refractivity contribution in [3.05, 3.63) is 5.56 Å². The molecule has 1 aromatic rings. The van der Waals surface area contributed by atoms with Crippen molar-refractivity contribution in [2.45, 2.75) is 26.6 Å². The topological polar surface area (TPSA) is 50.8 Å². The summed E-state index contributed by atoms with van der Waals surface area (Å²) in [6.07, 6.45) is 0. The van der Waals surface area contributed by atoms with Gasteiger partial charge in [-0.1, -0.05) is 19.6 Å². The van der Waals surface area contributed by atoms with E-state index in [1.807, 2.05) is 14.0 Å². The lowest BCUT2D eigenvalue weighted by atomic mass is 10.4. The number of hydrogen-bond donors (Lipinski definition) is 0. The molecular weight excluding hydrogens is 206 g/mol. The van der Waals surface area contributed by atoms with Crippen LogP contribution in [0.5, 0.6) is 5.88 Å². The van der Waals surface area contributed by atoms with Crippen LogP contribution in [0.25, 0.3) is 0 Å². The molecular formula is C10H17N3OSi. The van der Waals surface area contributed by atoms with E-state index in [1.54, 1.807) is 4.68 Å². The molecule has 0 spiro atoms. The molecule has 0 radical (unpaired) electrons. The highest BCUT2D eigenvalue weighted by Crippen LogP contribution is 2.16. The van der Waals surface area contributed by atoms with E-state index < -0.39 is 8.07 Å². The average Bonchev–Trinajstić information content (AvgIpc) is 2.41. The van der Waals surface area contributed by atoms with Gasteiger partial charge in [-0.15, -0.1) is 5.10 Å². The van der Waals surface area contributed by atoms with Gasteiger partial charge >= 0.3 is 0 Å². The molecule has 0 aromatic carbocycles. The van der Waals surface area contributed by atoms with E-state index >= 15 is 0 Å². The van der Waals surface area contributed by atoms with Crippen LogP contribution in [0.1, 0.15) is 12.5 Å². The summed E-state index contributed by atoms with van der Waals surface area (Å²) in [6, 6.07) is 2.20. The molecule has 0 unspecified atom stereocenters. The van der Waals surface area contributed by atoms with Crippen LogP contribution in [0, 0.1) is 11.3 Å². The summed E-state index contributed by atoms with van der Waals surface area (Å²) in [6.45, 7) is 9.02. The first-order chi connectivity index (χ1) is 6.91. The Morgan fingerprint density at radius 2 is 2.07 bits per heavy atom. The molecule has 0 amide bonds. The minimum atomic E-state index is -1.55. The van der Waals surface area contributed by atoms with Gasteiger partial charge in [-0.3, -0.25) is 4.68 Å². The fourth-order valence-corrected chi connectivity index (χ4v) is 3.63. The lowest BCUT2D eigenvalue weighted by molar-refractivity contribution is 0.322. The van der Waals surface area contributed by atoms with Crippen LogP contribution in [0.2, 0.25) is 19.6 Å². The Labute approximate surface area is 91.5 Å². The Hall–Kier alpha value is -1.28. The van der Waals surface area contributed by atoms with Gasteiger partial charge in [0.2, 0.25) is 0 Å². The van der Waals surface area contributed by atoms with Crippen LogP contribution in [-0.2, 0) is 7.05 Å². The third kappa shape index (κ3) is 2.21. The zero-order chi connectivity index (χ0) is 11.6. The summed E-state index contributed by atoms with van der Waals surface area (Å²) in [7, 11) is 0.318. The van der Waals surface area contributed by atoms with Crippen LogP contribution in [0.3, 0.4) is 0 Å². The largest absolute Gasteiger partial charge is 0.476 e. The van der Waals surface area contributed by atoms with E-state index in [2.05, 4.69) is 30.8 Å². The first kappa shape index (κ1) is 11.8. The average molecular weight is 223 g/mol. The van der Waals surface area contributed by atoms with E-state index in [0.717, 1.165) is 5.32 Å². The predicted molar refractivity (Wildman–Crippen MR) is 62.1 cm³/mol. The molecule has 0 saturated heterocycles. The second kappa shape index (κ2) is 4.07.